The zero-order valence-electron chi connectivity index (χ0n) is 13.4. The van der Waals surface area contributed by atoms with Gasteiger partial charge in [0.25, 0.3) is 0 Å². The first kappa shape index (κ1) is 16.3. The second-order valence-electron chi connectivity index (χ2n) is 6.75. The third kappa shape index (κ3) is 4.98. The van der Waals surface area contributed by atoms with Crippen molar-refractivity contribution in [3.63, 3.8) is 0 Å². The van der Waals surface area contributed by atoms with Crippen LogP contribution in [0.2, 0.25) is 0 Å². The number of hydrogen-bond donors (Lipinski definition) is 0. The lowest BCUT2D eigenvalue weighted by Gasteiger charge is -2.21. The maximum Gasteiger partial charge on any atom is 0.0234 e. The smallest absolute Gasteiger partial charge is 0.0234 e. The van der Waals surface area contributed by atoms with E-state index < -0.39 is 0 Å². The first-order valence-corrected chi connectivity index (χ1v) is 8.16. The van der Waals surface area contributed by atoms with Gasteiger partial charge in [0, 0.05) is 17.6 Å². The molecule has 0 heterocycles. The molecule has 0 aliphatic rings. The maximum atomic E-state index is 3.53. The Labute approximate surface area is 137 Å². The lowest BCUT2D eigenvalue weighted by atomic mass is 9.87. The molecule has 0 aliphatic carbocycles. The molecule has 0 aliphatic heterocycles. The van der Waals surface area contributed by atoms with Crippen LogP contribution < -0.4 is 0 Å². The first-order chi connectivity index (χ1) is 9.84. The van der Waals surface area contributed by atoms with Crippen LogP contribution >= 0.6 is 15.9 Å². The predicted octanol–water partition coefficient (Wildman–Crippen LogP) is 5.38. The van der Waals surface area contributed by atoms with E-state index in [1.807, 2.05) is 0 Å². The summed E-state index contributed by atoms with van der Waals surface area (Å²) in [5.74, 6) is 0. The summed E-state index contributed by atoms with van der Waals surface area (Å²) in [6, 6.07) is 17.5. The highest BCUT2D eigenvalue weighted by Crippen LogP contribution is 2.22. The van der Waals surface area contributed by atoms with Crippen LogP contribution in [0.25, 0.3) is 0 Å². The van der Waals surface area contributed by atoms with Gasteiger partial charge >= 0.3 is 0 Å². The van der Waals surface area contributed by atoms with E-state index >= 15 is 0 Å². The summed E-state index contributed by atoms with van der Waals surface area (Å²) in [5, 5.41) is 0. The molecular formula is C19H24BrN. The van der Waals surface area contributed by atoms with Gasteiger partial charge in [0.05, 0.1) is 0 Å². The highest BCUT2D eigenvalue weighted by molar-refractivity contribution is 9.10. The molecule has 2 aromatic rings. The van der Waals surface area contributed by atoms with Gasteiger partial charge in [-0.3, -0.25) is 4.90 Å². The molecule has 2 aromatic carbocycles. The zero-order chi connectivity index (χ0) is 15.5. The van der Waals surface area contributed by atoms with Crippen LogP contribution in [0.5, 0.6) is 0 Å². The Balaban J connectivity index is 1.98. The average molecular weight is 346 g/mol. The topological polar surface area (TPSA) is 3.24 Å². The summed E-state index contributed by atoms with van der Waals surface area (Å²) in [6.45, 7) is 8.68. The van der Waals surface area contributed by atoms with E-state index in [4.69, 9.17) is 0 Å². The molecule has 0 spiro atoms. The minimum atomic E-state index is 0.223. The standard InChI is InChI=1S/C19H24BrN/c1-19(2,3)17-10-8-15(9-11-17)13-21(4)14-16-6-5-7-18(20)12-16/h5-12H,13-14H2,1-4H3. The van der Waals surface area contributed by atoms with Crippen LogP contribution in [-0.2, 0) is 18.5 Å². The van der Waals surface area contributed by atoms with Gasteiger partial charge in [0.1, 0.15) is 0 Å². The van der Waals surface area contributed by atoms with Crippen molar-refractivity contribution in [2.75, 3.05) is 7.05 Å². The Morgan fingerprint density at radius 1 is 0.905 bits per heavy atom. The molecule has 1 nitrogen and oxygen atoms in total. The lowest BCUT2D eigenvalue weighted by molar-refractivity contribution is 0.319. The van der Waals surface area contributed by atoms with Crippen LogP contribution in [-0.4, -0.2) is 11.9 Å². The molecular weight excluding hydrogens is 322 g/mol. The molecule has 0 bridgehead atoms. The Morgan fingerprint density at radius 3 is 2.10 bits per heavy atom. The molecule has 0 atom stereocenters. The van der Waals surface area contributed by atoms with Crippen LogP contribution in [0.3, 0.4) is 0 Å². The van der Waals surface area contributed by atoms with E-state index in [1.165, 1.54) is 16.7 Å². The maximum absolute atomic E-state index is 3.53. The van der Waals surface area contributed by atoms with Crippen molar-refractivity contribution in [2.24, 2.45) is 0 Å². The summed E-state index contributed by atoms with van der Waals surface area (Å²) in [5.41, 5.74) is 4.31. The van der Waals surface area contributed by atoms with Crippen molar-refractivity contribution in [2.45, 2.75) is 39.3 Å². The fourth-order valence-electron chi connectivity index (χ4n) is 2.42. The van der Waals surface area contributed by atoms with Crippen LogP contribution in [0.1, 0.15) is 37.5 Å². The minimum absolute atomic E-state index is 0.223. The molecule has 0 radical (unpaired) electrons. The molecule has 21 heavy (non-hydrogen) atoms. The van der Waals surface area contributed by atoms with E-state index in [-0.39, 0.29) is 5.41 Å². The normalized spacial score (nSPS) is 11.9. The van der Waals surface area contributed by atoms with Gasteiger partial charge in [0.15, 0.2) is 0 Å². The number of rotatable bonds is 4. The molecule has 0 aromatic heterocycles. The Morgan fingerprint density at radius 2 is 1.52 bits per heavy atom. The summed E-state index contributed by atoms with van der Waals surface area (Å²) in [7, 11) is 2.17. The van der Waals surface area contributed by atoms with Gasteiger partial charge in [-0.2, -0.15) is 0 Å². The molecule has 112 valence electrons. The molecule has 2 rings (SSSR count). The summed E-state index contributed by atoms with van der Waals surface area (Å²) >= 11 is 3.53. The van der Waals surface area contributed by atoms with Gasteiger partial charge in [-0.1, -0.05) is 73.1 Å². The van der Waals surface area contributed by atoms with E-state index in [2.05, 4.69) is 97.2 Å². The fourth-order valence-corrected chi connectivity index (χ4v) is 2.87. The molecule has 0 fully saturated rings. The third-order valence-electron chi connectivity index (χ3n) is 3.61. The molecule has 0 N–H and O–H groups in total. The van der Waals surface area contributed by atoms with Gasteiger partial charge in [-0.25, -0.2) is 0 Å². The summed E-state index contributed by atoms with van der Waals surface area (Å²) < 4.78 is 1.14. The fraction of sp³-hybridized carbons (Fsp3) is 0.368. The highest BCUT2D eigenvalue weighted by atomic mass is 79.9. The Hall–Kier alpha value is -1.12. The van der Waals surface area contributed by atoms with Gasteiger partial charge in [-0.05, 0) is 41.3 Å². The van der Waals surface area contributed by atoms with Crippen molar-refractivity contribution in [3.8, 4) is 0 Å². The summed E-state index contributed by atoms with van der Waals surface area (Å²) in [6.07, 6.45) is 0. The minimum Gasteiger partial charge on any atom is -0.298 e. The van der Waals surface area contributed by atoms with Gasteiger partial charge in [0.2, 0.25) is 0 Å². The Bertz CT molecular complexity index is 581. The lowest BCUT2D eigenvalue weighted by Crippen LogP contribution is -2.17. The van der Waals surface area contributed by atoms with Gasteiger partial charge < -0.3 is 0 Å². The molecule has 0 saturated heterocycles. The van der Waals surface area contributed by atoms with E-state index in [9.17, 15) is 0 Å². The zero-order valence-corrected chi connectivity index (χ0v) is 14.9. The second kappa shape index (κ2) is 6.76. The second-order valence-corrected chi connectivity index (χ2v) is 7.66. The molecule has 0 unspecified atom stereocenters. The Kier molecular flexibility index (Phi) is 5.23. The van der Waals surface area contributed by atoms with E-state index in [0.717, 1.165) is 17.6 Å². The molecule has 0 amide bonds. The highest BCUT2D eigenvalue weighted by Gasteiger charge is 2.13. The van der Waals surface area contributed by atoms with Crippen molar-refractivity contribution in [3.05, 3.63) is 69.7 Å². The van der Waals surface area contributed by atoms with Crippen molar-refractivity contribution >= 4 is 15.9 Å². The van der Waals surface area contributed by atoms with E-state index in [0.29, 0.717) is 0 Å². The largest absolute Gasteiger partial charge is 0.298 e. The number of nitrogens with zero attached hydrogens (tertiary/aromatic N) is 1. The van der Waals surface area contributed by atoms with Crippen molar-refractivity contribution in [1.82, 2.24) is 4.90 Å². The predicted molar refractivity (Wildman–Crippen MR) is 94.5 cm³/mol. The molecule has 0 saturated carbocycles. The third-order valence-corrected chi connectivity index (χ3v) is 4.11. The quantitative estimate of drug-likeness (QED) is 0.719. The van der Waals surface area contributed by atoms with Crippen LogP contribution in [0.15, 0.2) is 53.0 Å². The van der Waals surface area contributed by atoms with E-state index in [1.54, 1.807) is 0 Å². The summed E-state index contributed by atoms with van der Waals surface area (Å²) in [4.78, 5) is 2.34. The van der Waals surface area contributed by atoms with Crippen molar-refractivity contribution < 1.29 is 0 Å². The number of benzene rings is 2. The average Bonchev–Trinajstić information content (AvgIpc) is 2.38. The molecule has 2 heteroatoms. The van der Waals surface area contributed by atoms with Crippen LogP contribution in [0, 0.1) is 0 Å². The first-order valence-electron chi connectivity index (χ1n) is 7.37. The number of hydrogen-bond acceptors (Lipinski definition) is 1. The SMILES string of the molecule is CN(Cc1ccc(C(C)(C)C)cc1)Cc1cccc(Br)c1. The van der Waals surface area contributed by atoms with Crippen LogP contribution in [0.4, 0.5) is 0 Å². The number of halogens is 1. The van der Waals surface area contributed by atoms with Crippen molar-refractivity contribution in [1.29, 1.82) is 0 Å². The monoisotopic (exact) mass is 345 g/mol. The van der Waals surface area contributed by atoms with Gasteiger partial charge in [-0.15, -0.1) is 0 Å².